The van der Waals surface area contributed by atoms with Crippen LogP contribution in [0.25, 0.3) is 0 Å². The van der Waals surface area contributed by atoms with E-state index in [1.54, 1.807) is 7.11 Å². The molecule has 1 amide bonds. The zero-order valence-electron chi connectivity index (χ0n) is 12.1. The van der Waals surface area contributed by atoms with Crippen LogP contribution < -0.4 is 5.32 Å². The number of amides is 1. The Morgan fingerprint density at radius 1 is 1.21 bits per heavy atom. The lowest BCUT2D eigenvalue weighted by atomic mass is 10.0. The first kappa shape index (κ1) is 14.8. The summed E-state index contributed by atoms with van der Waals surface area (Å²) >= 11 is 0. The van der Waals surface area contributed by atoms with Gasteiger partial charge in [-0.2, -0.15) is 0 Å². The second-order valence-electron chi connectivity index (χ2n) is 5.52. The maximum absolute atomic E-state index is 12.4. The molecule has 2 fully saturated rings. The first-order valence-corrected chi connectivity index (χ1v) is 7.54. The van der Waals surface area contributed by atoms with Crippen molar-refractivity contribution in [1.29, 1.82) is 0 Å². The minimum absolute atomic E-state index is 0.0688. The number of methoxy groups -OCH3 is 1. The lowest BCUT2D eigenvalue weighted by Gasteiger charge is -2.29. The van der Waals surface area contributed by atoms with Crippen LogP contribution in [0.15, 0.2) is 0 Å². The zero-order valence-corrected chi connectivity index (χ0v) is 12.1. The van der Waals surface area contributed by atoms with E-state index in [1.807, 2.05) is 0 Å². The van der Waals surface area contributed by atoms with E-state index in [0.717, 1.165) is 58.7 Å². The minimum atomic E-state index is 0.0688. The number of nitrogens with zero attached hydrogens (tertiary/aromatic N) is 2. The lowest BCUT2D eigenvalue weighted by molar-refractivity contribution is -0.133. The van der Waals surface area contributed by atoms with Crippen LogP contribution in [0.3, 0.4) is 0 Å². The molecule has 2 saturated heterocycles. The molecule has 0 aromatic carbocycles. The molecule has 2 rings (SSSR count). The number of hydrogen-bond donors (Lipinski definition) is 1. The molecule has 1 unspecified atom stereocenters. The maximum Gasteiger partial charge on any atom is 0.239 e. The third kappa shape index (κ3) is 4.44. The van der Waals surface area contributed by atoms with Gasteiger partial charge in [-0.25, -0.2) is 0 Å². The number of rotatable bonds is 4. The number of ether oxygens (including phenoxy) is 1. The Bertz CT molecular complexity index is 280. The third-order valence-corrected chi connectivity index (χ3v) is 4.12. The molecule has 0 saturated carbocycles. The molecular weight excluding hydrogens is 242 g/mol. The molecule has 0 bridgehead atoms. The van der Waals surface area contributed by atoms with Gasteiger partial charge in [-0.1, -0.05) is 6.42 Å². The van der Waals surface area contributed by atoms with Gasteiger partial charge in [0.1, 0.15) is 0 Å². The van der Waals surface area contributed by atoms with E-state index in [0.29, 0.717) is 5.91 Å². The van der Waals surface area contributed by atoms with Crippen molar-refractivity contribution >= 4 is 5.91 Å². The Labute approximate surface area is 116 Å². The molecule has 1 N–H and O–H groups in total. The van der Waals surface area contributed by atoms with Gasteiger partial charge in [-0.15, -0.1) is 0 Å². The van der Waals surface area contributed by atoms with Crippen LogP contribution >= 0.6 is 0 Å². The van der Waals surface area contributed by atoms with Gasteiger partial charge in [0.05, 0.1) is 12.6 Å². The molecule has 2 aliphatic rings. The van der Waals surface area contributed by atoms with Crippen molar-refractivity contribution in [3.05, 3.63) is 0 Å². The van der Waals surface area contributed by atoms with Gasteiger partial charge in [0, 0.05) is 33.3 Å². The minimum Gasteiger partial charge on any atom is -0.383 e. The molecule has 0 radical (unpaired) electrons. The lowest BCUT2D eigenvalue weighted by Crippen LogP contribution is -2.49. The molecular formula is C14H27N3O2. The first-order chi connectivity index (χ1) is 9.31. The fourth-order valence-corrected chi connectivity index (χ4v) is 2.92. The second-order valence-corrected chi connectivity index (χ2v) is 5.52. The fraction of sp³-hybridized carbons (Fsp3) is 0.929. The molecule has 5 heteroatoms. The molecule has 19 heavy (non-hydrogen) atoms. The highest BCUT2D eigenvalue weighted by Gasteiger charge is 2.26. The smallest absolute Gasteiger partial charge is 0.239 e. The van der Waals surface area contributed by atoms with Gasteiger partial charge >= 0.3 is 0 Å². The quantitative estimate of drug-likeness (QED) is 0.798. The standard InChI is InChI=1S/C14H27N3O2/c1-19-12-11-16-7-4-8-17(10-9-16)14(18)13-5-2-3-6-15-13/h13,15H,2-12H2,1H3. The Balaban J connectivity index is 1.79. The highest BCUT2D eigenvalue weighted by Crippen LogP contribution is 2.12. The van der Waals surface area contributed by atoms with Crippen LogP contribution in [0, 0.1) is 0 Å². The monoisotopic (exact) mass is 269 g/mol. The fourth-order valence-electron chi connectivity index (χ4n) is 2.92. The molecule has 0 aromatic rings. The summed E-state index contributed by atoms with van der Waals surface area (Å²) in [6.07, 6.45) is 4.46. The molecule has 110 valence electrons. The maximum atomic E-state index is 12.4. The summed E-state index contributed by atoms with van der Waals surface area (Å²) < 4.78 is 5.12. The predicted octanol–water partition coefficient (Wildman–Crippen LogP) is 0.309. The summed E-state index contributed by atoms with van der Waals surface area (Å²) in [5.41, 5.74) is 0. The molecule has 2 heterocycles. The summed E-state index contributed by atoms with van der Waals surface area (Å²) in [5, 5.41) is 3.36. The summed E-state index contributed by atoms with van der Waals surface area (Å²) in [7, 11) is 1.74. The summed E-state index contributed by atoms with van der Waals surface area (Å²) in [6, 6.07) is 0.0688. The van der Waals surface area contributed by atoms with Crippen molar-refractivity contribution in [2.75, 3.05) is 53.0 Å². The second kappa shape index (κ2) is 7.82. The van der Waals surface area contributed by atoms with Crippen LogP contribution in [-0.4, -0.2) is 74.7 Å². The predicted molar refractivity (Wildman–Crippen MR) is 75.2 cm³/mol. The first-order valence-electron chi connectivity index (χ1n) is 7.54. The average Bonchev–Trinajstić information content (AvgIpc) is 2.71. The zero-order chi connectivity index (χ0) is 13.5. The van der Waals surface area contributed by atoms with Crippen molar-refractivity contribution in [3.63, 3.8) is 0 Å². The van der Waals surface area contributed by atoms with Crippen molar-refractivity contribution in [2.45, 2.75) is 31.7 Å². The van der Waals surface area contributed by atoms with Crippen LogP contribution in [-0.2, 0) is 9.53 Å². The highest BCUT2D eigenvalue weighted by atomic mass is 16.5. The largest absolute Gasteiger partial charge is 0.383 e. The number of carbonyl (C=O) groups excluding carboxylic acids is 1. The van der Waals surface area contributed by atoms with Crippen molar-refractivity contribution in [1.82, 2.24) is 15.1 Å². The van der Waals surface area contributed by atoms with E-state index in [9.17, 15) is 4.79 Å². The van der Waals surface area contributed by atoms with Crippen molar-refractivity contribution in [2.24, 2.45) is 0 Å². The summed E-state index contributed by atoms with van der Waals surface area (Å²) in [4.78, 5) is 16.9. The topological polar surface area (TPSA) is 44.8 Å². The van der Waals surface area contributed by atoms with Crippen LogP contribution in [0.1, 0.15) is 25.7 Å². The normalized spacial score (nSPS) is 26.2. The van der Waals surface area contributed by atoms with Crippen LogP contribution in [0.5, 0.6) is 0 Å². The Hall–Kier alpha value is -0.650. The van der Waals surface area contributed by atoms with Gasteiger partial charge < -0.3 is 15.0 Å². The van der Waals surface area contributed by atoms with E-state index >= 15 is 0 Å². The third-order valence-electron chi connectivity index (χ3n) is 4.12. The number of carbonyl (C=O) groups is 1. The SMILES string of the molecule is COCCN1CCCN(C(=O)C2CCCCN2)CC1. The Morgan fingerprint density at radius 3 is 2.84 bits per heavy atom. The Morgan fingerprint density at radius 2 is 2.11 bits per heavy atom. The van der Waals surface area contributed by atoms with E-state index < -0.39 is 0 Å². The van der Waals surface area contributed by atoms with Gasteiger partial charge in [-0.05, 0) is 32.4 Å². The average molecular weight is 269 g/mol. The van der Waals surface area contributed by atoms with Crippen molar-refractivity contribution < 1.29 is 9.53 Å². The van der Waals surface area contributed by atoms with E-state index in [1.165, 1.54) is 12.8 Å². The number of hydrogen-bond acceptors (Lipinski definition) is 4. The van der Waals surface area contributed by atoms with E-state index in [-0.39, 0.29) is 6.04 Å². The van der Waals surface area contributed by atoms with Crippen LogP contribution in [0.4, 0.5) is 0 Å². The molecule has 0 aromatic heterocycles. The molecule has 2 aliphatic heterocycles. The molecule has 0 spiro atoms. The van der Waals surface area contributed by atoms with Gasteiger partial charge in [0.2, 0.25) is 5.91 Å². The van der Waals surface area contributed by atoms with Gasteiger partial charge in [0.15, 0.2) is 0 Å². The number of nitrogens with one attached hydrogen (secondary N) is 1. The molecule has 0 aliphatic carbocycles. The molecule has 1 atom stereocenters. The number of piperidine rings is 1. The van der Waals surface area contributed by atoms with Gasteiger partial charge in [0.25, 0.3) is 0 Å². The Kier molecular flexibility index (Phi) is 6.07. The van der Waals surface area contributed by atoms with Crippen molar-refractivity contribution in [3.8, 4) is 0 Å². The summed E-state index contributed by atoms with van der Waals surface area (Å²) in [6.45, 7) is 6.55. The highest BCUT2D eigenvalue weighted by molar-refractivity contribution is 5.82. The molecule has 5 nitrogen and oxygen atoms in total. The van der Waals surface area contributed by atoms with Crippen LogP contribution in [0.2, 0.25) is 0 Å². The van der Waals surface area contributed by atoms with E-state index in [4.69, 9.17) is 4.74 Å². The summed E-state index contributed by atoms with van der Waals surface area (Å²) in [5.74, 6) is 0.313. The van der Waals surface area contributed by atoms with Gasteiger partial charge in [-0.3, -0.25) is 9.69 Å². The van der Waals surface area contributed by atoms with E-state index in [2.05, 4.69) is 15.1 Å².